The summed E-state index contributed by atoms with van der Waals surface area (Å²) in [5.74, 6) is -0.443. The number of nitrogens with two attached hydrogens (primary N) is 1. The lowest BCUT2D eigenvalue weighted by Gasteiger charge is -2.05. The highest BCUT2D eigenvalue weighted by Gasteiger charge is 2.04. The fourth-order valence-corrected chi connectivity index (χ4v) is 1.52. The van der Waals surface area contributed by atoms with E-state index in [-0.39, 0.29) is 0 Å². The van der Waals surface area contributed by atoms with Crippen molar-refractivity contribution in [1.82, 2.24) is 0 Å². The highest BCUT2D eigenvalue weighted by atomic mass is 35.5. The summed E-state index contributed by atoms with van der Waals surface area (Å²) < 4.78 is 0. The van der Waals surface area contributed by atoms with Crippen LogP contribution in [0, 0.1) is 0 Å². The van der Waals surface area contributed by atoms with Crippen LogP contribution in [0.1, 0.15) is 18.9 Å². The van der Waals surface area contributed by atoms with Crippen LogP contribution in [0.2, 0.25) is 5.02 Å². The monoisotopic (exact) mass is 209 g/mol. The van der Waals surface area contributed by atoms with Crippen LogP contribution in [0.15, 0.2) is 30.3 Å². The second-order valence-corrected chi connectivity index (χ2v) is 3.31. The molecule has 2 nitrogen and oxygen atoms in total. The van der Waals surface area contributed by atoms with E-state index < -0.39 is 5.91 Å². The Morgan fingerprint density at radius 3 is 2.64 bits per heavy atom. The maximum Gasteiger partial charge on any atom is 0.241 e. The lowest BCUT2D eigenvalue weighted by atomic mass is 10.0. The van der Waals surface area contributed by atoms with Crippen LogP contribution < -0.4 is 5.73 Å². The molecule has 1 rings (SSSR count). The van der Waals surface area contributed by atoms with Crippen molar-refractivity contribution in [2.45, 2.75) is 13.3 Å². The molecule has 0 saturated carbocycles. The molecule has 0 radical (unpaired) electrons. The SMILES string of the molecule is CC/C(=C\C(N)=O)c1ccccc1Cl. The van der Waals surface area contributed by atoms with Gasteiger partial charge in [-0.05, 0) is 23.6 Å². The number of carbonyl (C=O) groups is 1. The van der Waals surface area contributed by atoms with Gasteiger partial charge in [0.05, 0.1) is 0 Å². The molecule has 0 saturated heterocycles. The number of hydrogen-bond acceptors (Lipinski definition) is 1. The third-order valence-electron chi connectivity index (χ3n) is 1.92. The first kappa shape index (κ1) is 10.8. The van der Waals surface area contributed by atoms with Crippen molar-refractivity contribution < 1.29 is 4.79 Å². The van der Waals surface area contributed by atoms with Crippen molar-refractivity contribution in [1.29, 1.82) is 0 Å². The molecule has 14 heavy (non-hydrogen) atoms. The second kappa shape index (κ2) is 4.82. The zero-order valence-corrected chi connectivity index (χ0v) is 8.71. The first-order chi connectivity index (χ1) is 6.65. The molecule has 0 aromatic heterocycles. The Balaban J connectivity index is 3.13. The number of carbonyl (C=O) groups excluding carboxylic acids is 1. The summed E-state index contributed by atoms with van der Waals surface area (Å²) in [4.78, 5) is 10.8. The largest absolute Gasteiger partial charge is 0.366 e. The van der Waals surface area contributed by atoms with Gasteiger partial charge in [0.2, 0.25) is 5.91 Å². The number of hydrogen-bond donors (Lipinski definition) is 1. The number of allylic oxidation sites excluding steroid dienone is 1. The first-order valence-electron chi connectivity index (χ1n) is 4.40. The van der Waals surface area contributed by atoms with Gasteiger partial charge in [-0.25, -0.2) is 0 Å². The third-order valence-corrected chi connectivity index (χ3v) is 2.25. The maximum atomic E-state index is 10.8. The molecule has 3 heteroatoms. The van der Waals surface area contributed by atoms with Crippen LogP contribution in [0.4, 0.5) is 0 Å². The van der Waals surface area contributed by atoms with E-state index >= 15 is 0 Å². The molecule has 2 N–H and O–H groups in total. The van der Waals surface area contributed by atoms with E-state index in [4.69, 9.17) is 17.3 Å². The number of rotatable bonds is 3. The summed E-state index contributed by atoms with van der Waals surface area (Å²) in [5.41, 5.74) is 6.83. The van der Waals surface area contributed by atoms with Gasteiger partial charge in [0.15, 0.2) is 0 Å². The van der Waals surface area contributed by atoms with Crippen molar-refractivity contribution in [2.75, 3.05) is 0 Å². The number of amides is 1. The molecule has 0 heterocycles. The Kier molecular flexibility index (Phi) is 3.72. The first-order valence-corrected chi connectivity index (χ1v) is 4.78. The molecule has 1 amide bonds. The average Bonchev–Trinajstić information content (AvgIpc) is 2.15. The fourth-order valence-electron chi connectivity index (χ4n) is 1.26. The molecule has 1 aromatic carbocycles. The number of primary amides is 1. The van der Waals surface area contributed by atoms with E-state index in [2.05, 4.69) is 0 Å². The lowest BCUT2D eigenvalue weighted by molar-refractivity contribution is -0.113. The van der Waals surface area contributed by atoms with Crippen LogP contribution >= 0.6 is 11.6 Å². The minimum Gasteiger partial charge on any atom is -0.366 e. The van der Waals surface area contributed by atoms with Gasteiger partial charge in [-0.15, -0.1) is 0 Å². The van der Waals surface area contributed by atoms with E-state index in [9.17, 15) is 4.79 Å². The molecule has 0 unspecified atom stereocenters. The van der Waals surface area contributed by atoms with E-state index in [1.807, 2.05) is 25.1 Å². The predicted molar refractivity (Wildman–Crippen MR) is 58.9 cm³/mol. The van der Waals surface area contributed by atoms with E-state index in [0.29, 0.717) is 5.02 Å². The van der Waals surface area contributed by atoms with E-state index in [0.717, 1.165) is 17.6 Å². The van der Waals surface area contributed by atoms with Gasteiger partial charge in [0, 0.05) is 11.1 Å². The van der Waals surface area contributed by atoms with E-state index in [1.165, 1.54) is 6.08 Å². The molecule has 0 bridgehead atoms. The average molecular weight is 210 g/mol. The number of halogens is 1. The number of benzene rings is 1. The minimum absolute atomic E-state index is 0.443. The second-order valence-electron chi connectivity index (χ2n) is 2.91. The summed E-state index contributed by atoms with van der Waals surface area (Å²) in [6.07, 6.45) is 2.15. The quantitative estimate of drug-likeness (QED) is 0.765. The summed E-state index contributed by atoms with van der Waals surface area (Å²) in [6, 6.07) is 7.40. The van der Waals surface area contributed by atoms with Crippen LogP contribution in [0.25, 0.3) is 5.57 Å². The smallest absolute Gasteiger partial charge is 0.241 e. The Morgan fingerprint density at radius 1 is 1.50 bits per heavy atom. The normalized spacial score (nSPS) is 11.4. The van der Waals surface area contributed by atoms with Gasteiger partial charge < -0.3 is 5.73 Å². The summed E-state index contributed by atoms with van der Waals surface area (Å²) in [7, 11) is 0. The van der Waals surface area contributed by atoms with Crippen molar-refractivity contribution in [3.05, 3.63) is 40.9 Å². The van der Waals surface area contributed by atoms with Gasteiger partial charge >= 0.3 is 0 Å². The lowest BCUT2D eigenvalue weighted by Crippen LogP contribution is -2.07. The predicted octanol–water partition coefficient (Wildman–Crippen LogP) is 2.62. The van der Waals surface area contributed by atoms with Gasteiger partial charge in [-0.1, -0.05) is 36.7 Å². The minimum atomic E-state index is -0.443. The van der Waals surface area contributed by atoms with E-state index in [1.54, 1.807) is 6.07 Å². The Labute approximate surface area is 88.4 Å². The zero-order valence-electron chi connectivity index (χ0n) is 7.96. The topological polar surface area (TPSA) is 43.1 Å². The molecule has 0 aliphatic rings. The third kappa shape index (κ3) is 2.60. The highest BCUT2D eigenvalue weighted by molar-refractivity contribution is 6.32. The van der Waals surface area contributed by atoms with Crippen LogP contribution in [0.3, 0.4) is 0 Å². The van der Waals surface area contributed by atoms with Gasteiger partial charge in [-0.3, -0.25) is 4.79 Å². The molecule has 74 valence electrons. The molecule has 0 aliphatic heterocycles. The highest BCUT2D eigenvalue weighted by Crippen LogP contribution is 2.25. The summed E-state index contributed by atoms with van der Waals surface area (Å²) >= 11 is 5.99. The van der Waals surface area contributed by atoms with Gasteiger partial charge in [0.25, 0.3) is 0 Å². The molecule has 0 fully saturated rings. The Hall–Kier alpha value is -1.28. The molecule has 0 aliphatic carbocycles. The molecule has 0 spiro atoms. The Morgan fingerprint density at radius 2 is 2.14 bits per heavy atom. The fraction of sp³-hybridized carbons (Fsp3) is 0.182. The van der Waals surface area contributed by atoms with Gasteiger partial charge in [0.1, 0.15) is 0 Å². The van der Waals surface area contributed by atoms with Crippen LogP contribution in [-0.2, 0) is 4.79 Å². The molecular formula is C11H12ClNO. The summed E-state index contributed by atoms with van der Waals surface area (Å²) in [5, 5.41) is 0.641. The molecule has 0 atom stereocenters. The zero-order chi connectivity index (χ0) is 10.6. The Bertz CT molecular complexity index is 371. The molecular weight excluding hydrogens is 198 g/mol. The van der Waals surface area contributed by atoms with Crippen molar-refractivity contribution >= 4 is 23.1 Å². The maximum absolute atomic E-state index is 10.8. The van der Waals surface area contributed by atoms with Gasteiger partial charge in [-0.2, -0.15) is 0 Å². The van der Waals surface area contributed by atoms with Crippen molar-refractivity contribution in [3.8, 4) is 0 Å². The van der Waals surface area contributed by atoms with Crippen molar-refractivity contribution in [2.24, 2.45) is 5.73 Å². The van der Waals surface area contributed by atoms with Crippen molar-refractivity contribution in [3.63, 3.8) is 0 Å². The van der Waals surface area contributed by atoms with Crippen LogP contribution in [-0.4, -0.2) is 5.91 Å². The van der Waals surface area contributed by atoms with Crippen LogP contribution in [0.5, 0.6) is 0 Å². The standard InChI is InChI=1S/C11H12ClNO/c1-2-8(7-11(13)14)9-5-3-4-6-10(9)12/h3-7H,2H2,1H3,(H2,13,14)/b8-7+. The summed E-state index contributed by atoms with van der Waals surface area (Å²) in [6.45, 7) is 1.96. The molecule has 1 aromatic rings.